The van der Waals surface area contributed by atoms with E-state index in [1.54, 1.807) is 6.20 Å². The van der Waals surface area contributed by atoms with Crippen molar-refractivity contribution in [3.8, 4) is 6.07 Å². The number of nitriles is 1. The van der Waals surface area contributed by atoms with Crippen LogP contribution in [0.5, 0.6) is 0 Å². The first-order valence-electron chi connectivity index (χ1n) is 5.02. The fraction of sp³-hybridized carbons (Fsp3) is 0.455. The van der Waals surface area contributed by atoms with Gasteiger partial charge in [0.25, 0.3) is 0 Å². The average Bonchev–Trinajstić information content (AvgIpc) is 2.91. The topological polar surface area (TPSA) is 39.9 Å². The van der Waals surface area contributed by atoms with Crippen LogP contribution in [0.2, 0.25) is 0 Å². The van der Waals surface area contributed by atoms with Crippen LogP contribution in [0.1, 0.15) is 18.4 Å². The third kappa shape index (κ3) is 1.00. The summed E-state index contributed by atoms with van der Waals surface area (Å²) in [6, 6.07) is 6.55. The molecule has 0 bridgehead atoms. The van der Waals surface area contributed by atoms with E-state index in [0.29, 0.717) is 11.6 Å². The van der Waals surface area contributed by atoms with Gasteiger partial charge in [0.05, 0.1) is 5.56 Å². The molecule has 3 heteroatoms. The largest absolute Gasteiger partial charge is 0.352 e. The summed E-state index contributed by atoms with van der Waals surface area (Å²) in [5.41, 5.74) is 0.708. The van der Waals surface area contributed by atoms with Gasteiger partial charge in [0.2, 0.25) is 0 Å². The predicted octanol–water partition coefficient (Wildman–Crippen LogP) is 1.55. The second kappa shape index (κ2) is 2.71. The highest BCUT2D eigenvalue weighted by Crippen LogP contribution is 2.46. The van der Waals surface area contributed by atoms with Gasteiger partial charge in [-0.3, -0.25) is 0 Å². The first-order valence-corrected chi connectivity index (χ1v) is 5.02. The molecule has 2 heterocycles. The summed E-state index contributed by atoms with van der Waals surface area (Å²) in [5, 5.41) is 8.96. The number of fused-ring (bicyclic) bond motifs is 1. The SMILES string of the molecule is N#Cc1cccnc1N1CCC2CC21. The summed E-state index contributed by atoms with van der Waals surface area (Å²) in [5.74, 6) is 1.77. The van der Waals surface area contributed by atoms with Crippen LogP contribution < -0.4 is 4.90 Å². The first kappa shape index (κ1) is 7.81. The van der Waals surface area contributed by atoms with Gasteiger partial charge in [-0.2, -0.15) is 5.26 Å². The molecule has 0 N–H and O–H groups in total. The van der Waals surface area contributed by atoms with Crippen molar-refractivity contribution in [2.75, 3.05) is 11.4 Å². The molecule has 0 aromatic carbocycles. The summed E-state index contributed by atoms with van der Waals surface area (Å²) in [6.45, 7) is 1.07. The van der Waals surface area contributed by atoms with Crippen LogP contribution >= 0.6 is 0 Å². The minimum atomic E-state index is 0.678. The van der Waals surface area contributed by atoms with Crippen LogP contribution in [0, 0.1) is 17.2 Å². The Morgan fingerprint density at radius 3 is 3.14 bits per heavy atom. The maximum absolute atomic E-state index is 8.96. The van der Waals surface area contributed by atoms with Crippen molar-refractivity contribution < 1.29 is 0 Å². The Morgan fingerprint density at radius 1 is 1.57 bits per heavy atom. The van der Waals surface area contributed by atoms with Crippen LogP contribution in [0.3, 0.4) is 0 Å². The lowest BCUT2D eigenvalue weighted by molar-refractivity contribution is 0.792. The fourth-order valence-corrected chi connectivity index (χ4v) is 2.37. The van der Waals surface area contributed by atoms with Crippen molar-refractivity contribution in [2.24, 2.45) is 5.92 Å². The summed E-state index contributed by atoms with van der Waals surface area (Å²) in [4.78, 5) is 6.61. The van der Waals surface area contributed by atoms with Gasteiger partial charge in [-0.15, -0.1) is 0 Å². The zero-order valence-corrected chi connectivity index (χ0v) is 7.85. The minimum Gasteiger partial charge on any atom is -0.352 e. The number of hydrogen-bond donors (Lipinski definition) is 0. The molecule has 1 aromatic rings. The fourth-order valence-electron chi connectivity index (χ4n) is 2.37. The third-order valence-electron chi connectivity index (χ3n) is 3.21. The van der Waals surface area contributed by atoms with Crippen molar-refractivity contribution in [3.05, 3.63) is 23.9 Å². The summed E-state index contributed by atoms with van der Waals surface area (Å²) in [6.07, 6.45) is 4.33. The molecule has 0 amide bonds. The van der Waals surface area contributed by atoms with E-state index < -0.39 is 0 Å². The molecule has 70 valence electrons. The minimum absolute atomic E-state index is 0.678. The monoisotopic (exact) mass is 185 g/mol. The lowest BCUT2D eigenvalue weighted by atomic mass is 10.2. The quantitative estimate of drug-likeness (QED) is 0.666. The average molecular weight is 185 g/mol. The normalized spacial score (nSPS) is 28.4. The zero-order chi connectivity index (χ0) is 9.54. The maximum Gasteiger partial charge on any atom is 0.146 e. The van der Waals surface area contributed by atoms with E-state index in [4.69, 9.17) is 5.26 Å². The van der Waals surface area contributed by atoms with E-state index in [1.165, 1.54) is 12.8 Å². The molecule has 2 fully saturated rings. The summed E-state index contributed by atoms with van der Waals surface area (Å²) < 4.78 is 0. The first-order chi connectivity index (χ1) is 6.90. The molecular formula is C11H11N3. The van der Waals surface area contributed by atoms with Gasteiger partial charge in [-0.05, 0) is 30.9 Å². The van der Waals surface area contributed by atoms with E-state index in [2.05, 4.69) is 16.0 Å². The molecule has 3 nitrogen and oxygen atoms in total. The van der Waals surface area contributed by atoms with Crippen LogP contribution in [0.25, 0.3) is 0 Å². The molecule has 1 saturated carbocycles. The molecule has 14 heavy (non-hydrogen) atoms. The van der Waals surface area contributed by atoms with E-state index in [-0.39, 0.29) is 0 Å². The number of pyridine rings is 1. The number of anilines is 1. The van der Waals surface area contributed by atoms with Gasteiger partial charge >= 0.3 is 0 Å². The lowest BCUT2D eigenvalue weighted by Crippen LogP contribution is -2.24. The van der Waals surface area contributed by atoms with Crippen molar-refractivity contribution in [2.45, 2.75) is 18.9 Å². The lowest BCUT2D eigenvalue weighted by Gasteiger charge is -2.19. The molecule has 0 spiro atoms. The van der Waals surface area contributed by atoms with Gasteiger partial charge in [0.15, 0.2) is 0 Å². The van der Waals surface area contributed by atoms with Gasteiger partial charge in [-0.1, -0.05) is 0 Å². The van der Waals surface area contributed by atoms with E-state index >= 15 is 0 Å². The molecule has 1 aliphatic carbocycles. The Kier molecular flexibility index (Phi) is 1.51. The molecule has 1 saturated heterocycles. The number of nitrogens with zero attached hydrogens (tertiary/aromatic N) is 3. The maximum atomic E-state index is 8.96. The molecule has 1 aliphatic heterocycles. The molecule has 0 radical (unpaired) electrons. The van der Waals surface area contributed by atoms with Gasteiger partial charge in [0.1, 0.15) is 11.9 Å². The van der Waals surface area contributed by atoms with Crippen LogP contribution in [-0.2, 0) is 0 Å². The van der Waals surface area contributed by atoms with Crippen molar-refractivity contribution in [3.63, 3.8) is 0 Å². The molecule has 1 aromatic heterocycles. The van der Waals surface area contributed by atoms with Crippen molar-refractivity contribution in [1.82, 2.24) is 4.98 Å². The zero-order valence-electron chi connectivity index (χ0n) is 7.85. The van der Waals surface area contributed by atoms with Crippen LogP contribution in [0.15, 0.2) is 18.3 Å². The number of aromatic nitrogens is 1. The van der Waals surface area contributed by atoms with E-state index in [9.17, 15) is 0 Å². The molecule has 3 rings (SSSR count). The van der Waals surface area contributed by atoms with Crippen LogP contribution in [0.4, 0.5) is 5.82 Å². The number of rotatable bonds is 1. The molecule has 2 aliphatic rings. The van der Waals surface area contributed by atoms with Crippen molar-refractivity contribution >= 4 is 5.82 Å². The summed E-state index contributed by atoms with van der Waals surface area (Å²) in [7, 11) is 0. The Bertz CT molecular complexity index is 407. The van der Waals surface area contributed by atoms with E-state index in [0.717, 1.165) is 18.3 Å². The second-order valence-corrected chi connectivity index (χ2v) is 4.03. The standard InChI is InChI=1S/C11H11N3/c12-7-9-2-1-4-13-11(9)14-5-3-8-6-10(8)14/h1-2,4,8,10H,3,5-6H2. The number of hydrogen-bond acceptors (Lipinski definition) is 3. The van der Waals surface area contributed by atoms with Gasteiger partial charge < -0.3 is 4.90 Å². The van der Waals surface area contributed by atoms with Crippen LogP contribution in [-0.4, -0.2) is 17.6 Å². The van der Waals surface area contributed by atoms with Gasteiger partial charge in [-0.25, -0.2) is 4.98 Å². The highest BCUT2D eigenvalue weighted by atomic mass is 15.3. The Hall–Kier alpha value is -1.56. The highest BCUT2D eigenvalue weighted by Gasteiger charge is 2.47. The predicted molar refractivity (Wildman–Crippen MR) is 52.8 cm³/mol. The third-order valence-corrected chi connectivity index (χ3v) is 3.21. The Labute approximate surface area is 83.0 Å². The number of piperidine rings is 1. The second-order valence-electron chi connectivity index (χ2n) is 4.03. The molecular weight excluding hydrogens is 174 g/mol. The Morgan fingerprint density at radius 2 is 2.50 bits per heavy atom. The van der Waals surface area contributed by atoms with Crippen molar-refractivity contribution in [1.29, 1.82) is 5.26 Å². The smallest absolute Gasteiger partial charge is 0.146 e. The highest BCUT2D eigenvalue weighted by molar-refractivity contribution is 5.56. The molecule has 2 unspecified atom stereocenters. The van der Waals surface area contributed by atoms with E-state index in [1.807, 2.05) is 12.1 Å². The summed E-state index contributed by atoms with van der Waals surface area (Å²) >= 11 is 0. The molecule has 2 atom stereocenters. The van der Waals surface area contributed by atoms with Gasteiger partial charge in [0, 0.05) is 18.8 Å². The Balaban J connectivity index is 1.99.